The SMILES string of the molecule is C[C@@H](CNC(=O)Cc1ccc(F)c(Br)c1)C(=O)O. The van der Waals surface area contributed by atoms with Gasteiger partial charge in [-0.25, -0.2) is 4.39 Å². The molecule has 0 heterocycles. The first kappa shape index (κ1) is 14.6. The fourth-order valence-electron chi connectivity index (χ4n) is 1.25. The molecule has 0 aliphatic heterocycles. The first-order chi connectivity index (χ1) is 8.40. The van der Waals surface area contributed by atoms with E-state index in [-0.39, 0.29) is 18.9 Å². The van der Waals surface area contributed by atoms with Gasteiger partial charge in [0.2, 0.25) is 5.91 Å². The zero-order valence-corrected chi connectivity index (χ0v) is 11.3. The Morgan fingerprint density at radius 1 is 1.50 bits per heavy atom. The summed E-state index contributed by atoms with van der Waals surface area (Å²) >= 11 is 3.03. The van der Waals surface area contributed by atoms with Gasteiger partial charge in [0.15, 0.2) is 0 Å². The number of benzene rings is 1. The van der Waals surface area contributed by atoms with Crippen molar-refractivity contribution in [1.82, 2.24) is 5.32 Å². The van der Waals surface area contributed by atoms with Crippen LogP contribution in [-0.2, 0) is 16.0 Å². The molecule has 1 aromatic carbocycles. The number of carboxylic acids is 1. The van der Waals surface area contributed by atoms with Crippen molar-refractivity contribution in [3.63, 3.8) is 0 Å². The molecule has 1 atom stereocenters. The second-order valence-electron chi connectivity index (χ2n) is 3.97. The van der Waals surface area contributed by atoms with E-state index in [2.05, 4.69) is 21.2 Å². The maximum absolute atomic E-state index is 13.0. The van der Waals surface area contributed by atoms with Crippen molar-refractivity contribution in [3.8, 4) is 0 Å². The van der Waals surface area contributed by atoms with Crippen LogP contribution in [0.5, 0.6) is 0 Å². The lowest BCUT2D eigenvalue weighted by atomic mass is 10.1. The van der Waals surface area contributed by atoms with Gasteiger partial charge in [-0.3, -0.25) is 9.59 Å². The largest absolute Gasteiger partial charge is 0.481 e. The number of carbonyl (C=O) groups is 2. The fourth-order valence-corrected chi connectivity index (χ4v) is 1.68. The molecule has 0 saturated carbocycles. The average molecular weight is 318 g/mol. The number of hydrogen-bond donors (Lipinski definition) is 2. The van der Waals surface area contributed by atoms with Crippen LogP contribution >= 0.6 is 15.9 Å². The maximum atomic E-state index is 13.0. The summed E-state index contributed by atoms with van der Waals surface area (Å²) in [6.45, 7) is 1.59. The molecule has 0 fully saturated rings. The van der Waals surface area contributed by atoms with Gasteiger partial charge in [0.1, 0.15) is 5.82 Å². The number of aliphatic carboxylic acids is 1. The number of nitrogens with one attached hydrogen (secondary N) is 1. The van der Waals surface area contributed by atoms with Crippen LogP contribution < -0.4 is 5.32 Å². The Morgan fingerprint density at radius 2 is 2.17 bits per heavy atom. The number of halogens is 2. The molecular formula is C12H13BrFNO3. The molecule has 1 amide bonds. The van der Waals surface area contributed by atoms with Crippen LogP contribution in [0.4, 0.5) is 4.39 Å². The van der Waals surface area contributed by atoms with Crippen LogP contribution in [0.15, 0.2) is 22.7 Å². The molecule has 0 aromatic heterocycles. The highest BCUT2D eigenvalue weighted by Gasteiger charge is 2.12. The zero-order valence-electron chi connectivity index (χ0n) is 9.74. The van der Waals surface area contributed by atoms with Gasteiger partial charge in [0.05, 0.1) is 16.8 Å². The Balaban J connectivity index is 2.49. The van der Waals surface area contributed by atoms with Crippen LogP contribution in [0.1, 0.15) is 12.5 Å². The molecule has 6 heteroatoms. The topological polar surface area (TPSA) is 66.4 Å². The van der Waals surface area contributed by atoms with Crippen LogP contribution in [0.3, 0.4) is 0 Å². The van der Waals surface area contributed by atoms with Gasteiger partial charge in [-0.1, -0.05) is 13.0 Å². The standard InChI is InChI=1S/C12H13BrFNO3/c1-7(12(17)18)6-15-11(16)5-8-2-3-10(14)9(13)4-8/h2-4,7H,5-6H2,1H3,(H,15,16)(H,17,18)/t7-/m0/s1. The Labute approximate surface area is 112 Å². The molecule has 0 radical (unpaired) electrons. The summed E-state index contributed by atoms with van der Waals surface area (Å²) in [5.74, 6) is -2.27. The van der Waals surface area contributed by atoms with Gasteiger partial charge >= 0.3 is 5.97 Å². The summed E-state index contributed by atoms with van der Waals surface area (Å²) < 4.78 is 13.3. The molecule has 0 spiro atoms. The van der Waals surface area contributed by atoms with E-state index in [1.54, 1.807) is 0 Å². The summed E-state index contributed by atoms with van der Waals surface area (Å²) in [7, 11) is 0. The molecule has 0 bridgehead atoms. The fraction of sp³-hybridized carbons (Fsp3) is 0.333. The highest BCUT2D eigenvalue weighted by molar-refractivity contribution is 9.10. The van der Waals surface area contributed by atoms with E-state index in [1.807, 2.05) is 0 Å². The van der Waals surface area contributed by atoms with Crippen LogP contribution in [0, 0.1) is 11.7 Å². The Hall–Kier alpha value is -1.43. The third-order valence-corrected chi connectivity index (χ3v) is 2.98. The van der Waals surface area contributed by atoms with Crippen molar-refractivity contribution >= 4 is 27.8 Å². The van der Waals surface area contributed by atoms with Crippen LogP contribution in [0.25, 0.3) is 0 Å². The van der Waals surface area contributed by atoms with Gasteiger partial charge in [0, 0.05) is 6.54 Å². The summed E-state index contributed by atoms with van der Waals surface area (Å²) in [5, 5.41) is 11.2. The third-order valence-electron chi connectivity index (χ3n) is 2.38. The van der Waals surface area contributed by atoms with Gasteiger partial charge < -0.3 is 10.4 Å². The van der Waals surface area contributed by atoms with Crippen molar-refractivity contribution in [2.24, 2.45) is 5.92 Å². The quantitative estimate of drug-likeness (QED) is 0.872. The molecule has 0 aliphatic rings. The minimum absolute atomic E-state index is 0.0799. The van der Waals surface area contributed by atoms with Crippen LogP contribution in [0.2, 0.25) is 0 Å². The molecule has 1 aromatic rings. The van der Waals surface area contributed by atoms with Crippen molar-refractivity contribution in [3.05, 3.63) is 34.1 Å². The average Bonchev–Trinajstić information content (AvgIpc) is 2.30. The number of hydrogen-bond acceptors (Lipinski definition) is 2. The molecule has 0 saturated heterocycles. The first-order valence-corrected chi connectivity index (χ1v) is 6.13. The Kier molecular flexibility index (Phi) is 5.27. The van der Waals surface area contributed by atoms with Crippen molar-refractivity contribution in [2.75, 3.05) is 6.54 Å². The molecule has 4 nitrogen and oxygen atoms in total. The number of amides is 1. The van der Waals surface area contributed by atoms with Gasteiger partial charge in [-0.2, -0.15) is 0 Å². The van der Waals surface area contributed by atoms with Crippen molar-refractivity contribution in [2.45, 2.75) is 13.3 Å². The zero-order chi connectivity index (χ0) is 13.7. The summed E-state index contributed by atoms with van der Waals surface area (Å²) in [5.41, 5.74) is 0.656. The van der Waals surface area contributed by atoms with Crippen molar-refractivity contribution < 1.29 is 19.1 Å². The molecule has 0 aliphatic carbocycles. The van der Waals surface area contributed by atoms with E-state index in [1.165, 1.54) is 25.1 Å². The highest BCUT2D eigenvalue weighted by Crippen LogP contribution is 2.17. The summed E-state index contributed by atoms with van der Waals surface area (Å²) in [6.07, 6.45) is 0.0885. The van der Waals surface area contributed by atoms with E-state index in [9.17, 15) is 14.0 Å². The van der Waals surface area contributed by atoms with E-state index < -0.39 is 17.7 Å². The lowest BCUT2D eigenvalue weighted by Gasteiger charge is -2.08. The minimum atomic E-state index is -0.958. The summed E-state index contributed by atoms with van der Waals surface area (Å²) in [6, 6.07) is 4.31. The second kappa shape index (κ2) is 6.49. The van der Waals surface area contributed by atoms with Crippen molar-refractivity contribution in [1.29, 1.82) is 0 Å². The number of carbonyl (C=O) groups excluding carboxylic acids is 1. The molecule has 2 N–H and O–H groups in total. The normalized spacial score (nSPS) is 11.9. The molecule has 1 rings (SSSR count). The Morgan fingerprint density at radius 3 is 2.72 bits per heavy atom. The third kappa shape index (κ3) is 4.44. The summed E-state index contributed by atoms with van der Waals surface area (Å²) in [4.78, 5) is 22.1. The molecule has 18 heavy (non-hydrogen) atoms. The van der Waals surface area contributed by atoms with Gasteiger partial charge in [0.25, 0.3) is 0 Å². The number of carboxylic acid groups (broad SMARTS) is 1. The smallest absolute Gasteiger partial charge is 0.308 e. The van der Waals surface area contributed by atoms with Gasteiger partial charge in [-0.15, -0.1) is 0 Å². The molecule has 98 valence electrons. The Bertz CT molecular complexity index is 465. The minimum Gasteiger partial charge on any atom is -0.481 e. The van der Waals surface area contributed by atoms with E-state index in [0.717, 1.165) is 0 Å². The van der Waals surface area contributed by atoms with E-state index in [4.69, 9.17) is 5.11 Å². The van der Waals surface area contributed by atoms with Gasteiger partial charge in [-0.05, 0) is 33.6 Å². The lowest BCUT2D eigenvalue weighted by Crippen LogP contribution is -2.32. The molecular weight excluding hydrogens is 305 g/mol. The van der Waals surface area contributed by atoms with E-state index >= 15 is 0 Å². The predicted molar refractivity (Wildman–Crippen MR) is 67.6 cm³/mol. The highest BCUT2D eigenvalue weighted by atomic mass is 79.9. The first-order valence-electron chi connectivity index (χ1n) is 5.33. The van der Waals surface area contributed by atoms with E-state index in [0.29, 0.717) is 10.0 Å². The molecule has 0 unspecified atom stereocenters. The number of rotatable bonds is 5. The predicted octanol–water partition coefficient (Wildman–Crippen LogP) is 1.97. The lowest BCUT2D eigenvalue weighted by molar-refractivity contribution is -0.141. The van der Waals surface area contributed by atoms with Crippen LogP contribution in [-0.4, -0.2) is 23.5 Å². The monoisotopic (exact) mass is 317 g/mol. The maximum Gasteiger partial charge on any atom is 0.308 e. The second-order valence-corrected chi connectivity index (χ2v) is 4.82.